The summed E-state index contributed by atoms with van der Waals surface area (Å²) in [6, 6.07) is 7.61. The summed E-state index contributed by atoms with van der Waals surface area (Å²) in [5.41, 5.74) is 1.69. The maximum absolute atomic E-state index is 4.99. The molecule has 3 aromatic heterocycles. The van der Waals surface area contributed by atoms with Crippen LogP contribution < -0.4 is 4.74 Å². The molecule has 0 N–H and O–H groups in total. The van der Waals surface area contributed by atoms with E-state index in [1.807, 2.05) is 24.3 Å². The van der Waals surface area contributed by atoms with E-state index in [2.05, 4.69) is 20.1 Å². The number of hydrogen-bond donors (Lipinski definition) is 0. The fourth-order valence-electron chi connectivity index (χ4n) is 1.72. The maximum Gasteiger partial charge on any atom is 0.232 e. The standard InChI is InChI=1S/C13H11N5O/c1-19-13-9-15-12(8-16-13)18-11(5-7-17-18)10-4-2-3-6-14-10/h2-9H,1H3. The Morgan fingerprint density at radius 2 is 1.95 bits per heavy atom. The number of nitrogens with zero attached hydrogens (tertiary/aromatic N) is 5. The van der Waals surface area contributed by atoms with Gasteiger partial charge in [0, 0.05) is 6.20 Å². The second kappa shape index (κ2) is 4.85. The van der Waals surface area contributed by atoms with E-state index >= 15 is 0 Å². The summed E-state index contributed by atoms with van der Waals surface area (Å²) in [5.74, 6) is 1.08. The zero-order valence-electron chi connectivity index (χ0n) is 10.3. The highest BCUT2D eigenvalue weighted by atomic mass is 16.5. The van der Waals surface area contributed by atoms with Crippen molar-refractivity contribution in [2.24, 2.45) is 0 Å². The SMILES string of the molecule is COc1cnc(-n2nccc2-c2ccccn2)cn1. The molecule has 0 aromatic carbocycles. The van der Waals surface area contributed by atoms with Gasteiger partial charge in [0.15, 0.2) is 5.82 Å². The second-order valence-corrected chi connectivity index (χ2v) is 3.76. The molecule has 6 heteroatoms. The molecule has 0 spiro atoms. The number of pyridine rings is 1. The molecule has 0 aliphatic rings. The Kier molecular flexibility index (Phi) is 2.89. The van der Waals surface area contributed by atoms with E-state index in [9.17, 15) is 0 Å². The molecule has 19 heavy (non-hydrogen) atoms. The number of hydrogen-bond acceptors (Lipinski definition) is 5. The van der Waals surface area contributed by atoms with Crippen LogP contribution in [-0.2, 0) is 0 Å². The average Bonchev–Trinajstić information content (AvgIpc) is 2.98. The lowest BCUT2D eigenvalue weighted by molar-refractivity contribution is 0.395. The van der Waals surface area contributed by atoms with E-state index in [1.165, 1.54) is 0 Å². The van der Waals surface area contributed by atoms with Gasteiger partial charge in [0.05, 0.1) is 37.1 Å². The minimum atomic E-state index is 0.468. The molecule has 6 nitrogen and oxygen atoms in total. The van der Waals surface area contributed by atoms with E-state index in [-0.39, 0.29) is 0 Å². The van der Waals surface area contributed by atoms with Crippen molar-refractivity contribution < 1.29 is 4.74 Å². The van der Waals surface area contributed by atoms with Crippen molar-refractivity contribution in [3.05, 3.63) is 49.1 Å². The molecule has 3 aromatic rings. The first-order chi connectivity index (χ1) is 9.38. The summed E-state index contributed by atoms with van der Waals surface area (Å²) in [5, 5.41) is 4.25. The van der Waals surface area contributed by atoms with Gasteiger partial charge < -0.3 is 4.74 Å². The van der Waals surface area contributed by atoms with Gasteiger partial charge in [-0.1, -0.05) is 6.07 Å². The highest BCUT2D eigenvalue weighted by Gasteiger charge is 2.09. The predicted molar refractivity (Wildman–Crippen MR) is 68.9 cm³/mol. The summed E-state index contributed by atoms with van der Waals surface area (Å²) >= 11 is 0. The van der Waals surface area contributed by atoms with Crippen molar-refractivity contribution in [2.75, 3.05) is 7.11 Å². The second-order valence-electron chi connectivity index (χ2n) is 3.76. The van der Waals surface area contributed by atoms with E-state index in [4.69, 9.17) is 4.74 Å². The summed E-state index contributed by atoms with van der Waals surface area (Å²) in [6.45, 7) is 0. The maximum atomic E-state index is 4.99. The van der Waals surface area contributed by atoms with Crippen LogP contribution in [0.25, 0.3) is 17.2 Å². The molecule has 3 rings (SSSR count). The first-order valence-corrected chi connectivity index (χ1v) is 5.70. The Bertz CT molecular complexity index is 663. The minimum Gasteiger partial charge on any atom is -0.480 e. The molecule has 0 atom stereocenters. The van der Waals surface area contributed by atoms with Crippen LogP contribution in [0.5, 0.6) is 5.88 Å². The highest BCUT2D eigenvalue weighted by molar-refractivity contribution is 5.56. The number of rotatable bonds is 3. The van der Waals surface area contributed by atoms with Gasteiger partial charge in [-0.2, -0.15) is 5.10 Å². The molecule has 0 aliphatic carbocycles. The van der Waals surface area contributed by atoms with Crippen LogP contribution in [0.1, 0.15) is 0 Å². The quantitative estimate of drug-likeness (QED) is 0.711. The third-order valence-electron chi connectivity index (χ3n) is 2.61. The van der Waals surface area contributed by atoms with E-state index in [1.54, 1.807) is 36.6 Å². The summed E-state index contributed by atoms with van der Waals surface area (Å²) in [6.07, 6.45) is 6.61. The molecule has 0 radical (unpaired) electrons. The van der Waals surface area contributed by atoms with Crippen LogP contribution in [0.4, 0.5) is 0 Å². The van der Waals surface area contributed by atoms with Gasteiger partial charge in [-0.05, 0) is 18.2 Å². The van der Waals surface area contributed by atoms with Crippen LogP contribution >= 0.6 is 0 Å². The fraction of sp³-hybridized carbons (Fsp3) is 0.0769. The predicted octanol–water partition coefficient (Wildman–Crippen LogP) is 1.73. The highest BCUT2D eigenvalue weighted by Crippen LogP contribution is 2.18. The lowest BCUT2D eigenvalue weighted by Crippen LogP contribution is -2.03. The summed E-state index contributed by atoms with van der Waals surface area (Å²) in [4.78, 5) is 12.7. The van der Waals surface area contributed by atoms with Gasteiger partial charge in [-0.3, -0.25) is 4.98 Å². The molecular formula is C13H11N5O. The normalized spacial score (nSPS) is 10.4. The van der Waals surface area contributed by atoms with Crippen molar-refractivity contribution in [2.45, 2.75) is 0 Å². The molecule has 94 valence electrons. The molecule has 0 saturated carbocycles. The Labute approximate surface area is 109 Å². The van der Waals surface area contributed by atoms with E-state index in [0.29, 0.717) is 11.7 Å². The average molecular weight is 253 g/mol. The first-order valence-electron chi connectivity index (χ1n) is 5.70. The number of aromatic nitrogens is 5. The Morgan fingerprint density at radius 3 is 2.63 bits per heavy atom. The largest absolute Gasteiger partial charge is 0.480 e. The smallest absolute Gasteiger partial charge is 0.232 e. The summed E-state index contributed by atoms with van der Waals surface area (Å²) in [7, 11) is 1.55. The molecule has 0 aliphatic heterocycles. The Balaban J connectivity index is 2.04. The van der Waals surface area contributed by atoms with Crippen LogP contribution in [0.2, 0.25) is 0 Å². The third kappa shape index (κ3) is 2.15. The van der Waals surface area contributed by atoms with Crippen molar-refractivity contribution in [1.29, 1.82) is 0 Å². The monoisotopic (exact) mass is 253 g/mol. The molecule has 0 bridgehead atoms. The molecule has 3 heterocycles. The topological polar surface area (TPSA) is 65.7 Å². The number of ether oxygens (including phenoxy) is 1. The molecular weight excluding hydrogens is 242 g/mol. The zero-order valence-corrected chi connectivity index (χ0v) is 10.3. The number of methoxy groups -OCH3 is 1. The molecule has 0 fully saturated rings. The zero-order chi connectivity index (χ0) is 13.1. The third-order valence-corrected chi connectivity index (χ3v) is 2.61. The molecule has 0 unspecified atom stereocenters. The molecule has 0 amide bonds. The van der Waals surface area contributed by atoms with E-state index in [0.717, 1.165) is 11.4 Å². The first kappa shape index (κ1) is 11.3. The Morgan fingerprint density at radius 1 is 1.00 bits per heavy atom. The van der Waals surface area contributed by atoms with Gasteiger partial charge in [0.1, 0.15) is 0 Å². The fourth-order valence-corrected chi connectivity index (χ4v) is 1.72. The molecule has 0 saturated heterocycles. The van der Waals surface area contributed by atoms with Crippen molar-refractivity contribution in [3.63, 3.8) is 0 Å². The van der Waals surface area contributed by atoms with E-state index < -0.39 is 0 Å². The summed E-state index contributed by atoms with van der Waals surface area (Å²) < 4.78 is 6.68. The Hall–Kier alpha value is -2.76. The minimum absolute atomic E-state index is 0.468. The van der Waals surface area contributed by atoms with Crippen molar-refractivity contribution in [3.8, 4) is 23.1 Å². The van der Waals surface area contributed by atoms with Gasteiger partial charge in [-0.25, -0.2) is 14.6 Å². The van der Waals surface area contributed by atoms with Crippen molar-refractivity contribution in [1.82, 2.24) is 24.7 Å². The van der Waals surface area contributed by atoms with Gasteiger partial charge in [-0.15, -0.1) is 0 Å². The lowest BCUT2D eigenvalue weighted by atomic mass is 10.3. The van der Waals surface area contributed by atoms with Crippen LogP contribution in [0.3, 0.4) is 0 Å². The lowest BCUT2D eigenvalue weighted by Gasteiger charge is -2.06. The van der Waals surface area contributed by atoms with Crippen LogP contribution in [-0.4, -0.2) is 31.8 Å². The van der Waals surface area contributed by atoms with Gasteiger partial charge >= 0.3 is 0 Å². The van der Waals surface area contributed by atoms with Gasteiger partial charge in [0.2, 0.25) is 5.88 Å². The van der Waals surface area contributed by atoms with Crippen LogP contribution in [0, 0.1) is 0 Å². The van der Waals surface area contributed by atoms with Gasteiger partial charge in [0.25, 0.3) is 0 Å². The van der Waals surface area contributed by atoms with Crippen molar-refractivity contribution >= 4 is 0 Å². The van der Waals surface area contributed by atoms with Crippen LogP contribution in [0.15, 0.2) is 49.1 Å².